The van der Waals surface area contributed by atoms with Gasteiger partial charge in [-0.3, -0.25) is 9.52 Å². The number of thiazole rings is 1. The van der Waals surface area contributed by atoms with E-state index < -0.39 is 16.1 Å². The van der Waals surface area contributed by atoms with Crippen LogP contribution in [0.4, 0.5) is 15.2 Å². The van der Waals surface area contributed by atoms with Crippen molar-refractivity contribution < 1.29 is 20.5 Å². The van der Waals surface area contributed by atoms with Gasteiger partial charge in [0.2, 0.25) is 5.91 Å². The van der Waals surface area contributed by atoms with E-state index in [1.807, 2.05) is 29.4 Å². The van der Waals surface area contributed by atoms with E-state index >= 15 is 0 Å². The van der Waals surface area contributed by atoms with Crippen molar-refractivity contribution in [3.05, 3.63) is 72.1 Å². The quantitative estimate of drug-likeness (QED) is 0.385. The van der Waals surface area contributed by atoms with Crippen LogP contribution in [-0.4, -0.2) is 54.5 Å². The second kappa shape index (κ2) is 9.55. The summed E-state index contributed by atoms with van der Waals surface area (Å²) in [7, 11) is -3.71. The van der Waals surface area contributed by atoms with Crippen molar-refractivity contribution >= 4 is 49.0 Å². The Labute approximate surface area is 216 Å². The molecule has 0 spiro atoms. The zero-order valence-corrected chi connectivity index (χ0v) is 21.5. The number of piperazine rings is 1. The molecule has 3 heterocycles. The highest BCUT2D eigenvalue weighted by Crippen LogP contribution is 2.27. The maximum absolute atomic E-state index is 14.1. The molecule has 1 N–H and O–H groups in total. The lowest BCUT2D eigenvalue weighted by molar-refractivity contribution is -0.136. The maximum atomic E-state index is 14.1. The zero-order valence-electron chi connectivity index (χ0n) is 19.8. The van der Waals surface area contributed by atoms with Gasteiger partial charge in [-0.05, 0) is 56.3 Å². The minimum atomic E-state index is -3.71. The fourth-order valence-electron chi connectivity index (χ4n) is 4.65. The van der Waals surface area contributed by atoms with E-state index in [9.17, 15) is 17.6 Å². The molecule has 0 unspecified atom stereocenters. The smallest absolute Gasteiger partial charge is 0.263 e. The van der Waals surface area contributed by atoms with Gasteiger partial charge in [0.25, 0.3) is 10.0 Å². The Morgan fingerprint density at radius 3 is 2.67 bits per heavy atom. The molecule has 4 aromatic rings. The fraction of sp³-hybridized carbons (Fsp3) is 0.280. The summed E-state index contributed by atoms with van der Waals surface area (Å²) in [5, 5.41) is 2.52. The van der Waals surface area contributed by atoms with Crippen LogP contribution in [0.1, 0.15) is 22.7 Å². The monoisotopic (exact) mass is 531 g/mol. The Morgan fingerprint density at radius 2 is 1.97 bits per heavy atom. The molecule has 5 rings (SSSR count). The highest BCUT2D eigenvalue weighted by molar-refractivity contribution is 7.93. The molecule has 1 saturated heterocycles. The van der Waals surface area contributed by atoms with Crippen LogP contribution in [0.5, 0.6) is 0 Å². The lowest BCUT2D eigenvalue weighted by atomic mass is 10.1. The molecule has 1 aliphatic rings. The molecule has 1 aliphatic heterocycles. The predicted octanol–water partition coefficient (Wildman–Crippen LogP) is 4.83. The van der Waals surface area contributed by atoms with E-state index in [-0.39, 0.29) is 25.5 Å². The summed E-state index contributed by atoms with van der Waals surface area (Å²) in [6, 6.07) is 12.8. The number of benzene rings is 2. The summed E-state index contributed by atoms with van der Waals surface area (Å²) in [6.45, 7) is 5.60. The van der Waals surface area contributed by atoms with Crippen LogP contribution < -0.4 is 9.62 Å². The largest absolute Gasteiger partial charge is 0.368 e. The van der Waals surface area contributed by atoms with E-state index in [1.165, 1.54) is 17.4 Å². The average molecular weight is 532 g/mol. The Hall–Kier alpha value is -3.44. The maximum Gasteiger partial charge on any atom is 0.263 e. The van der Waals surface area contributed by atoms with Crippen molar-refractivity contribution in [1.29, 1.82) is 0 Å². The number of nitrogens with one attached hydrogen (secondary N) is 1. The number of hydrogen-bond donors (Lipinski definition) is 1. The van der Waals surface area contributed by atoms with Gasteiger partial charge in [-0.15, -0.1) is 11.3 Å². The molecule has 36 heavy (non-hydrogen) atoms. The minimum Gasteiger partial charge on any atom is -0.368 e. The number of anilines is 2. The number of carbonyl (C=O) groups is 1. The van der Waals surface area contributed by atoms with Crippen LogP contribution in [0.2, 0.25) is 0 Å². The molecule has 0 aliphatic carbocycles. The SMILES string of the molecule is C[C@H]1CN(c2ccc(S(=O)(=O)Nc3nccs3)cc2)CCN1C(=O)[C@H](C)n1ccc2c(F)cccc21.[HH].[HH]. The Bertz CT molecular complexity index is 1500. The first-order valence-corrected chi connectivity index (χ1v) is 13.9. The van der Waals surface area contributed by atoms with E-state index in [1.54, 1.807) is 54.2 Å². The number of hydrogen-bond acceptors (Lipinski definition) is 6. The molecular weight excluding hydrogens is 501 g/mol. The van der Waals surface area contributed by atoms with Gasteiger partial charge in [-0.25, -0.2) is 17.8 Å². The van der Waals surface area contributed by atoms with E-state index in [0.29, 0.717) is 35.7 Å². The topological polar surface area (TPSA) is 87.5 Å². The van der Waals surface area contributed by atoms with Crippen LogP contribution in [0.15, 0.2) is 71.2 Å². The molecule has 2 aromatic carbocycles. The van der Waals surface area contributed by atoms with Crippen molar-refractivity contribution in [3.8, 4) is 0 Å². The average Bonchev–Trinajstić information content (AvgIpc) is 3.53. The standard InChI is InChI=1S/C25H26FN5O3S2.2H2/c1-17-16-29(19-6-8-20(9-7-19)36(33,34)28-25-27-11-15-35-25)13-14-30(17)24(32)18(2)31-12-10-21-22(26)4-3-5-23(21)31;;/h3-12,15,17-18H,13-14,16H2,1-2H3,(H,27,28);2*1H/t17-,18-;;/m0../s1. The summed E-state index contributed by atoms with van der Waals surface area (Å²) in [5.41, 5.74) is 1.59. The number of fused-ring (bicyclic) bond motifs is 1. The molecule has 8 nitrogen and oxygen atoms in total. The number of aromatic nitrogens is 2. The highest BCUT2D eigenvalue weighted by atomic mass is 32.2. The number of sulfonamides is 1. The number of nitrogens with zero attached hydrogens (tertiary/aromatic N) is 4. The lowest BCUT2D eigenvalue weighted by Gasteiger charge is -2.42. The van der Waals surface area contributed by atoms with Crippen LogP contribution in [0, 0.1) is 5.82 Å². The van der Waals surface area contributed by atoms with Crippen molar-refractivity contribution in [2.45, 2.75) is 30.8 Å². The molecule has 2 atom stereocenters. The van der Waals surface area contributed by atoms with Crippen molar-refractivity contribution in [1.82, 2.24) is 14.5 Å². The molecule has 192 valence electrons. The van der Waals surface area contributed by atoms with Gasteiger partial charge >= 0.3 is 0 Å². The number of amides is 1. The summed E-state index contributed by atoms with van der Waals surface area (Å²) < 4.78 is 43.6. The van der Waals surface area contributed by atoms with E-state index in [4.69, 9.17) is 0 Å². The molecule has 0 bridgehead atoms. The third-order valence-corrected chi connectivity index (χ3v) is 8.73. The summed E-state index contributed by atoms with van der Waals surface area (Å²) in [4.78, 5) is 21.5. The first kappa shape index (κ1) is 24.3. The molecule has 11 heteroatoms. The highest BCUT2D eigenvalue weighted by Gasteiger charge is 2.31. The third-order valence-electron chi connectivity index (χ3n) is 6.56. The number of rotatable bonds is 6. The van der Waals surface area contributed by atoms with Crippen LogP contribution in [0.25, 0.3) is 10.9 Å². The summed E-state index contributed by atoms with van der Waals surface area (Å²) in [5.74, 6) is -0.315. The number of halogens is 1. The second-order valence-corrected chi connectivity index (χ2v) is 11.4. The molecule has 1 amide bonds. The zero-order chi connectivity index (χ0) is 25.4. The fourth-order valence-corrected chi connectivity index (χ4v) is 6.44. The van der Waals surface area contributed by atoms with Crippen LogP contribution >= 0.6 is 11.3 Å². The summed E-state index contributed by atoms with van der Waals surface area (Å²) in [6.07, 6.45) is 3.30. The molecule has 2 aromatic heterocycles. The van der Waals surface area contributed by atoms with Gasteiger partial charge in [0.15, 0.2) is 5.13 Å². The Kier molecular flexibility index (Phi) is 6.44. The van der Waals surface area contributed by atoms with E-state index in [0.717, 1.165) is 5.69 Å². The Balaban J connectivity index is 0.00000200. The van der Waals surface area contributed by atoms with Crippen molar-refractivity contribution in [3.63, 3.8) is 0 Å². The van der Waals surface area contributed by atoms with Crippen LogP contribution in [0.3, 0.4) is 0 Å². The normalized spacial score (nSPS) is 17.4. The first-order chi connectivity index (χ1) is 17.2. The lowest BCUT2D eigenvalue weighted by Crippen LogP contribution is -2.55. The minimum absolute atomic E-state index is 0. The first-order valence-electron chi connectivity index (χ1n) is 11.6. The van der Waals surface area contributed by atoms with E-state index in [2.05, 4.69) is 14.6 Å². The van der Waals surface area contributed by atoms with Gasteiger partial charge in [0.1, 0.15) is 11.9 Å². The van der Waals surface area contributed by atoms with Gasteiger partial charge in [0, 0.05) is 57.4 Å². The second-order valence-electron chi connectivity index (χ2n) is 8.83. The van der Waals surface area contributed by atoms with Crippen molar-refractivity contribution in [2.75, 3.05) is 29.3 Å². The van der Waals surface area contributed by atoms with Gasteiger partial charge in [-0.2, -0.15) is 0 Å². The molecule has 1 fully saturated rings. The van der Waals surface area contributed by atoms with Gasteiger partial charge in [-0.1, -0.05) is 6.07 Å². The number of carbonyl (C=O) groups excluding carboxylic acids is 1. The Morgan fingerprint density at radius 1 is 1.19 bits per heavy atom. The summed E-state index contributed by atoms with van der Waals surface area (Å²) >= 11 is 1.22. The van der Waals surface area contributed by atoms with Gasteiger partial charge < -0.3 is 14.4 Å². The molecular formula is C25H30FN5O3S2. The molecule has 0 saturated carbocycles. The van der Waals surface area contributed by atoms with Crippen LogP contribution in [-0.2, 0) is 14.8 Å². The van der Waals surface area contributed by atoms with Crippen molar-refractivity contribution in [2.24, 2.45) is 0 Å². The van der Waals surface area contributed by atoms with Gasteiger partial charge in [0.05, 0.1) is 10.4 Å². The third kappa shape index (κ3) is 4.56. The molecule has 0 radical (unpaired) electrons. The predicted molar refractivity (Wildman–Crippen MR) is 144 cm³/mol.